The Bertz CT molecular complexity index is 907. The lowest BCUT2D eigenvalue weighted by Gasteiger charge is -2.19. The Kier molecular flexibility index (Phi) is 7.51. The van der Waals surface area contributed by atoms with Crippen molar-refractivity contribution in [3.8, 4) is 5.75 Å². The van der Waals surface area contributed by atoms with Crippen LogP contribution >= 0.6 is 11.6 Å². The predicted molar refractivity (Wildman–Crippen MR) is 111 cm³/mol. The van der Waals surface area contributed by atoms with Gasteiger partial charge in [0.15, 0.2) is 6.10 Å². The second kappa shape index (κ2) is 10.5. The number of oxime groups is 1. The van der Waals surface area contributed by atoms with Crippen LogP contribution in [0.5, 0.6) is 5.75 Å². The fraction of sp³-hybridized carbons (Fsp3) is 0.286. The number of halogens is 1. The van der Waals surface area contributed by atoms with Crippen molar-refractivity contribution in [2.45, 2.75) is 31.6 Å². The Labute approximate surface area is 178 Å². The van der Waals surface area contributed by atoms with Crippen LogP contribution in [0.1, 0.15) is 17.5 Å². The summed E-state index contributed by atoms with van der Waals surface area (Å²) >= 11 is 5.78. The van der Waals surface area contributed by atoms with Crippen molar-refractivity contribution >= 4 is 28.8 Å². The fourth-order valence-corrected chi connectivity index (χ4v) is 3.09. The van der Waals surface area contributed by atoms with Gasteiger partial charge in [-0.05, 0) is 23.3 Å². The molecule has 3 rings (SSSR count). The first kappa shape index (κ1) is 21.4. The van der Waals surface area contributed by atoms with Crippen molar-refractivity contribution < 1.29 is 24.3 Å². The summed E-state index contributed by atoms with van der Waals surface area (Å²) in [5, 5.41) is 19.0. The minimum absolute atomic E-state index is 0.0736. The number of phenolic OH excluding ortho intramolecular Hbond substituents is 1. The van der Waals surface area contributed by atoms with Crippen LogP contribution < -0.4 is 10.6 Å². The van der Waals surface area contributed by atoms with E-state index in [9.17, 15) is 14.7 Å². The SMILES string of the molecule is O=C(NC(Cc1cccc(O)c1)C(=O)NCC1CC(Cl)=NO1)OCc1ccccc1. The van der Waals surface area contributed by atoms with E-state index in [4.69, 9.17) is 21.2 Å². The van der Waals surface area contributed by atoms with Gasteiger partial charge in [0.05, 0.1) is 6.54 Å². The number of hydrogen-bond donors (Lipinski definition) is 3. The summed E-state index contributed by atoms with van der Waals surface area (Å²) in [4.78, 5) is 30.1. The Morgan fingerprint density at radius 3 is 2.67 bits per heavy atom. The number of rotatable bonds is 8. The van der Waals surface area contributed by atoms with Gasteiger partial charge in [-0.15, -0.1) is 0 Å². The molecule has 0 radical (unpaired) electrons. The second-order valence-corrected chi connectivity index (χ2v) is 7.21. The van der Waals surface area contributed by atoms with Gasteiger partial charge in [0, 0.05) is 12.8 Å². The Morgan fingerprint density at radius 2 is 1.97 bits per heavy atom. The Balaban J connectivity index is 1.59. The highest BCUT2D eigenvalue weighted by Gasteiger charge is 2.25. The molecule has 0 spiro atoms. The molecule has 2 aromatic rings. The standard InChI is InChI=1S/C21H22ClN3O5/c22-19-11-17(30-25-19)12-23-20(27)18(10-15-7-4-8-16(26)9-15)24-21(28)29-13-14-5-2-1-3-6-14/h1-9,17-18,26H,10-13H2,(H,23,27)(H,24,28). The summed E-state index contributed by atoms with van der Waals surface area (Å²) in [6, 6.07) is 14.8. The molecule has 30 heavy (non-hydrogen) atoms. The van der Waals surface area contributed by atoms with Crippen molar-refractivity contribution in [1.82, 2.24) is 10.6 Å². The molecule has 0 bridgehead atoms. The summed E-state index contributed by atoms with van der Waals surface area (Å²) in [7, 11) is 0. The minimum Gasteiger partial charge on any atom is -0.508 e. The first-order valence-electron chi connectivity index (χ1n) is 9.40. The van der Waals surface area contributed by atoms with Gasteiger partial charge < -0.3 is 25.3 Å². The summed E-state index contributed by atoms with van der Waals surface area (Å²) < 4.78 is 5.22. The molecule has 1 heterocycles. The van der Waals surface area contributed by atoms with Crippen LogP contribution in [0.2, 0.25) is 0 Å². The van der Waals surface area contributed by atoms with Crippen LogP contribution in [0.15, 0.2) is 59.8 Å². The van der Waals surface area contributed by atoms with E-state index in [0.29, 0.717) is 17.2 Å². The number of carbonyl (C=O) groups excluding carboxylic acids is 2. The average molecular weight is 432 g/mol. The Morgan fingerprint density at radius 1 is 1.20 bits per heavy atom. The lowest BCUT2D eigenvalue weighted by Crippen LogP contribution is -2.49. The largest absolute Gasteiger partial charge is 0.508 e. The molecule has 2 unspecified atom stereocenters. The quantitative estimate of drug-likeness (QED) is 0.595. The van der Waals surface area contributed by atoms with E-state index in [2.05, 4.69) is 15.8 Å². The zero-order valence-electron chi connectivity index (χ0n) is 16.1. The number of ether oxygens (including phenoxy) is 1. The molecule has 0 aromatic heterocycles. The number of hydrogen-bond acceptors (Lipinski definition) is 6. The van der Waals surface area contributed by atoms with Crippen molar-refractivity contribution in [1.29, 1.82) is 0 Å². The van der Waals surface area contributed by atoms with Crippen LogP contribution in [0, 0.1) is 0 Å². The molecule has 158 valence electrons. The lowest BCUT2D eigenvalue weighted by molar-refractivity contribution is -0.123. The molecule has 8 nitrogen and oxygen atoms in total. The zero-order valence-corrected chi connectivity index (χ0v) is 16.8. The maximum absolute atomic E-state index is 12.7. The van der Waals surface area contributed by atoms with Crippen LogP contribution in [0.3, 0.4) is 0 Å². The van der Waals surface area contributed by atoms with Gasteiger partial charge in [-0.3, -0.25) is 4.79 Å². The van der Waals surface area contributed by atoms with Crippen molar-refractivity contribution in [3.63, 3.8) is 0 Å². The topological polar surface area (TPSA) is 109 Å². The molecular formula is C21H22ClN3O5. The van der Waals surface area contributed by atoms with Crippen LogP contribution in [0.4, 0.5) is 4.79 Å². The number of phenols is 1. The van der Waals surface area contributed by atoms with Gasteiger partial charge in [-0.1, -0.05) is 59.2 Å². The summed E-state index contributed by atoms with van der Waals surface area (Å²) in [5.41, 5.74) is 1.51. The monoisotopic (exact) mass is 431 g/mol. The number of amides is 2. The number of carbonyl (C=O) groups is 2. The summed E-state index contributed by atoms with van der Waals surface area (Å²) in [5.74, 6) is -0.342. The number of aromatic hydroxyl groups is 1. The van der Waals surface area contributed by atoms with E-state index >= 15 is 0 Å². The maximum atomic E-state index is 12.7. The second-order valence-electron chi connectivity index (χ2n) is 6.78. The number of alkyl carbamates (subject to hydrolysis) is 1. The van der Waals surface area contributed by atoms with E-state index in [0.717, 1.165) is 5.56 Å². The van der Waals surface area contributed by atoms with Crippen molar-refractivity contribution in [3.05, 3.63) is 65.7 Å². The highest BCUT2D eigenvalue weighted by molar-refractivity contribution is 6.65. The summed E-state index contributed by atoms with van der Waals surface area (Å²) in [6.45, 7) is 0.273. The molecule has 3 N–H and O–H groups in total. The lowest BCUT2D eigenvalue weighted by atomic mass is 10.0. The zero-order chi connectivity index (χ0) is 21.3. The van der Waals surface area contributed by atoms with Gasteiger partial charge in [-0.2, -0.15) is 0 Å². The molecule has 0 fully saturated rings. The number of benzene rings is 2. The molecule has 0 aliphatic carbocycles. The van der Waals surface area contributed by atoms with Crippen LogP contribution in [-0.4, -0.2) is 41.0 Å². The maximum Gasteiger partial charge on any atom is 0.408 e. The number of nitrogens with zero attached hydrogens (tertiary/aromatic N) is 1. The third kappa shape index (κ3) is 6.66. The molecule has 0 saturated carbocycles. The summed E-state index contributed by atoms with van der Waals surface area (Å²) in [6.07, 6.45) is -0.495. The van der Waals surface area contributed by atoms with E-state index in [1.807, 2.05) is 30.3 Å². The third-order valence-corrected chi connectivity index (χ3v) is 4.60. The normalized spacial score (nSPS) is 16.2. The van der Waals surface area contributed by atoms with E-state index in [-0.39, 0.29) is 31.4 Å². The fourth-order valence-electron chi connectivity index (χ4n) is 2.88. The number of nitrogens with one attached hydrogen (secondary N) is 2. The molecule has 1 aliphatic heterocycles. The van der Waals surface area contributed by atoms with E-state index in [1.54, 1.807) is 12.1 Å². The van der Waals surface area contributed by atoms with Crippen LogP contribution in [0.25, 0.3) is 0 Å². The van der Waals surface area contributed by atoms with E-state index < -0.39 is 18.0 Å². The third-order valence-electron chi connectivity index (χ3n) is 4.37. The molecule has 2 amide bonds. The van der Waals surface area contributed by atoms with E-state index in [1.165, 1.54) is 12.1 Å². The highest BCUT2D eigenvalue weighted by atomic mass is 35.5. The van der Waals surface area contributed by atoms with Crippen molar-refractivity contribution in [2.24, 2.45) is 5.16 Å². The van der Waals surface area contributed by atoms with Gasteiger partial charge in [0.25, 0.3) is 0 Å². The minimum atomic E-state index is -0.909. The first-order chi connectivity index (χ1) is 14.5. The molecular weight excluding hydrogens is 410 g/mol. The van der Waals surface area contributed by atoms with Gasteiger partial charge in [0.1, 0.15) is 23.6 Å². The van der Waals surface area contributed by atoms with Crippen molar-refractivity contribution in [2.75, 3.05) is 6.54 Å². The molecule has 1 aliphatic rings. The smallest absolute Gasteiger partial charge is 0.408 e. The predicted octanol–water partition coefficient (Wildman–Crippen LogP) is 2.69. The Hall–Kier alpha value is -3.26. The molecule has 2 atom stereocenters. The highest BCUT2D eigenvalue weighted by Crippen LogP contribution is 2.14. The van der Waals surface area contributed by atoms with Crippen LogP contribution in [-0.2, 0) is 27.4 Å². The molecule has 0 saturated heterocycles. The first-order valence-corrected chi connectivity index (χ1v) is 9.78. The van der Waals surface area contributed by atoms with Gasteiger partial charge >= 0.3 is 6.09 Å². The average Bonchev–Trinajstić information content (AvgIpc) is 3.16. The van der Waals surface area contributed by atoms with Gasteiger partial charge in [-0.25, -0.2) is 4.79 Å². The molecule has 2 aromatic carbocycles. The molecule has 9 heteroatoms. The van der Waals surface area contributed by atoms with Gasteiger partial charge in [0.2, 0.25) is 5.91 Å².